The summed E-state index contributed by atoms with van der Waals surface area (Å²) in [5.74, 6) is -0.309. The van der Waals surface area contributed by atoms with Crippen LogP contribution in [-0.2, 0) is 4.79 Å². The smallest absolute Gasteiger partial charge is 0.325 e. The molecule has 4 N–H and O–H groups in total. The van der Waals surface area contributed by atoms with Crippen molar-refractivity contribution in [2.75, 3.05) is 17.4 Å². The topological polar surface area (TPSA) is 117 Å². The maximum atomic E-state index is 10.9. The van der Waals surface area contributed by atoms with Crippen molar-refractivity contribution in [3.8, 4) is 11.4 Å². The van der Waals surface area contributed by atoms with Crippen LogP contribution in [0.25, 0.3) is 5.69 Å². The minimum absolute atomic E-state index is 0.230. The van der Waals surface area contributed by atoms with E-state index in [1.807, 2.05) is 24.3 Å². The Morgan fingerprint density at radius 2 is 2.07 bits per heavy atom. The van der Waals surface area contributed by atoms with E-state index in [0.29, 0.717) is 16.2 Å². The molecule has 9 nitrogen and oxygen atoms in total. The second kappa shape index (κ2) is 8.32. The molecule has 0 aliphatic carbocycles. The van der Waals surface area contributed by atoms with Gasteiger partial charge in [0.1, 0.15) is 11.8 Å². The summed E-state index contributed by atoms with van der Waals surface area (Å²) in [6, 6.07) is 13.9. The SMILES string of the molecule is CC(Nc1cccc(OCNc2cccc(-n3[nH]nnc3=S)c2)c1)C(=O)O. The largest absolute Gasteiger partial charge is 0.480 e. The van der Waals surface area contributed by atoms with Gasteiger partial charge < -0.3 is 20.5 Å². The lowest BCUT2D eigenvalue weighted by Gasteiger charge is -2.13. The van der Waals surface area contributed by atoms with Crippen molar-refractivity contribution in [1.29, 1.82) is 0 Å². The zero-order valence-corrected chi connectivity index (χ0v) is 15.2. The molecule has 0 amide bonds. The Labute approximate surface area is 160 Å². The molecule has 1 aromatic heterocycles. The van der Waals surface area contributed by atoms with Gasteiger partial charge in [-0.1, -0.05) is 22.4 Å². The van der Waals surface area contributed by atoms with Crippen molar-refractivity contribution in [2.24, 2.45) is 0 Å². The average molecular weight is 386 g/mol. The number of carboxylic acid groups (broad SMARTS) is 1. The fraction of sp³-hybridized carbons (Fsp3) is 0.176. The van der Waals surface area contributed by atoms with Crippen LogP contribution >= 0.6 is 12.2 Å². The van der Waals surface area contributed by atoms with Crippen LogP contribution in [0.5, 0.6) is 5.75 Å². The predicted octanol–water partition coefficient (Wildman–Crippen LogP) is 2.66. The lowest BCUT2D eigenvalue weighted by atomic mass is 10.2. The van der Waals surface area contributed by atoms with Crippen LogP contribution in [0.1, 0.15) is 6.92 Å². The number of H-pyrrole nitrogens is 1. The van der Waals surface area contributed by atoms with Crippen LogP contribution in [0.4, 0.5) is 11.4 Å². The molecule has 10 heteroatoms. The monoisotopic (exact) mass is 386 g/mol. The van der Waals surface area contributed by atoms with Gasteiger partial charge in [0.15, 0.2) is 6.73 Å². The number of ether oxygens (including phenoxy) is 1. The van der Waals surface area contributed by atoms with Crippen molar-refractivity contribution < 1.29 is 14.6 Å². The van der Waals surface area contributed by atoms with Crippen molar-refractivity contribution in [2.45, 2.75) is 13.0 Å². The highest BCUT2D eigenvalue weighted by molar-refractivity contribution is 7.71. The zero-order chi connectivity index (χ0) is 19.2. The fourth-order valence-corrected chi connectivity index (χ4v) is 2.50. The average Bonchev–Trinajstić information content (AvgIpc) is 3.08. The zero-order valence-electron chi connectivity index (χ0n) is 14.4. The fourth-order valence-electron chi connectivity index (χ4n) is 2.31. The summed E-state index contributed by atoms with van der Waals surface area (Å²) in [6.45, 7) is 1.81. The van der Waals surface area contributed by atoms with Gasteiger partial charge in [0.2, 0.25) is 4.77 Å². The number of benzene rings is 2. The minimum Gasteiger partial charge on any atom is -0.480 e. The molecule has 0 radical (unpaired) electrons. The van der Waals surface area contributed by atoms with E-state index in [1.165, 1.54) is 0 Å². The van der Waals surface area contributed by atoms with Gasteiger partial charge in [-0.25, -0.2) is 4.68 Å². The molecule has 0 aliphatic rings. The van der Waals surface area contributed by atoms with Gasteiger partial charge >= 0.3 is 5.97 Å². The number of aromatic amines is 1. The number of anilines is 2. The van der Waals surface area contributed by atoms with Crippen LogP contribution in [0.2, 0.25) is 0 Å². The van der Waals surface area contributed by atoms with Gasteiger partial charge in [-0.2, -0.15) is 5.21 Å². The quantitative estimate of drug-likeness (QED) is 0.345. The second-order valence-electron chi connectivity index (χ2n) is 5.67. The maximum Gasteiger partial charge on any atom is 0.325 e. The Morgan fingerprint density at radius 3 is 2.81 bits per heavy atom. The number of aliphatic carboxylic acids is 1. The van der Waals surface area contributed by atoms with Crippen molar-refractivity contribution >= 4 is 29.6 Å². The molecule has 0 fully saturated rings. The Morgan fingerprint density at radius 1 is 1.30 bits per heavy atom. The van der Waals surface area contributed by atoms with Gasteiger partial charge in [-0.3, -0.25) is 4.79 Å². The first-order chi connectivity index (χ1) is 13.0. The molecule has 1 atom stereocenters. The first-order valence-electron chi connectivity index (χ1n) is 8.09. The molecule has 1 unspecified atom stereocenters. The molecule has 0 saturated carbocycles. The highest BCUT2D eigenvalue weighted by Crippen LogP contribution is 2.19. The van der Waals surface area contributed by atoms with Gasteiger partial charge in [-0.05, 0) is 49.5 Å². The summed E-state index contributed by atoms with van der Waals surface area (Å²) >= 11 is 5.09. The maximum absolute atomic E-state index is 10.9. The number of tetrazole rings is 1. The number of hydrogen-bond donors (Lipinski definition) is 4. The lowest BCUT2D eigenvalue weighted by Crippen LogP contribution is -2.25. The molecule has 1 heterocycles. The molecule has 0 spiro atoms. The van der Waals surface area contributed by atoms with E-state index in [9.17, 15) is 4.79 Å². The second-order valence-corrected chi connectivity index (χ2v) is 6.03. The van der Waals surface area contributed by atoms with E-state index < -0.39 is 12.0 Å². The van der Waals surface area contributed by atoms with E-state index in [2.05, 4.69) is 26.2 Å². The van der Waals surface area contributed by atoms with E-state index in [1.54, 1.807) is 35.9 Å². The molecule has 27 heavy (non-hydrogen) atoms. The van der Waals surface area contributed by atoms with Gasteiger partial charge in [0.05, 0.1) is 5.69 Å². The molecule has 3 rings (SSSR count). The van der Waals surface area contributed by atoms with Crippen LogP contribution < -0.4 is 15.4 Å². The van der Waals surface area contributed by atoms with E-state index in [-0.39, 0.29) is 6.73 Å². The summed E-state index contributed by atoms with van der Waals surface area (Å²) < 4.78 is 7.61. The van der Waals surface area contributed by atoms with Crippen molar-refractivity contribution in [1.82, 2.24) is 20.2 Å². The highest BCUT2D eigenvalue weighted by atomic mass is 32.1. The number of nitrogens with zero attached hydrogens (tertiary/aromatic N) is 3. The van der Waals surface area contributed by atoms with Crippen LogP contribution in [0.15, 0.2) is 48.5 Å². The summed E-state index contributed by atoms with van der Waals surface area (Å²) in [7, 11) is 0. The summed E-state index contributed by atoms with van der Waals surface area (Å²) in [5, 5.41) is 25.1. The highest BCUT2D eigenvalue weighted by Gasteiger charge is 2.10. The third-order valence-electron chi connectivity index (χ3n) is 3.68. The number of aromatic nitrogens is 4. The first kappa shape index (κ1) is 18.4. The normalized spacial score (nSPS) is 11.6. The van der Waals surface area contributed by atoms with E-state index in [4.69, 9.17) is 22.1 Å². The first-order valence-corrected chi connectivity index (χ1v) is 8.50. The van der Waals surface area contributed by atoms with Crippen molar-refractivity contribution in [3.05, 3.63) is 53.3 Å². The Balaban J connectivity index is 1.60. The molecule has 0 bridgehead atoms. The summed E-state index contributed by atoms with van der Waals surface area (Å²) in [5.41, 5.74) is 2.30. The number of nitrogens with one attached hydrogen (secondary N) is 3. The van der Waals surface area contributed by atoms with E-state index >= 15 is 0 Å². The van der Waals surface area contributed by atoms with Gasteiger partial charge in [-0.15, -0.1) is 0 Å². The number of hydrogen-bond acceptors (Lipinski definition) is 7. The Hall–Kier alpha value is -3.40. The molecule has 0 aliphatic heterocycles. The van der Waals surface area contributed by atoms with Gasteiger partial charge in [0, 0.05) is 17.4 Å². The lowest BCUT2D eigenvalue weighted by molar-refractivity contribution is -0.137. The number of carboxylic acids is 1. The number of carbonyl (C=O) groups is 1. The third kappa shape index (κ3) is 4.82. The Bertz CT molecular complexity index is 986. The van der Waals surface area contributed by atoms with E-state index in [0.717, 1.165) is 11.4 Å². The standard InChI is InChI=1S/C17H18N6O3S/c1-11(16(24)25)19-13-5-3-7-15(9-13)26-10-18-12-4-2-6-14(8-12)23-17(27)20-21-22-23/h2-9,11,18-19H,10H2,1H3,(H,24,25)(H,20,22,27). The van der Waals surface area contributed by atoms with Gasteiger partial charge in [0.25, 0.3) is 0 Å². The Kier molecular flexibility index (Phi) is 5.67. The van der Waals surface area contributed by atoms with Crippen molar-refractivity contribution in [3.63, 3.8) is 0 Å². The third-order valence-corrected chi connectivity index (χ3v) is 3.94. The molecule has 2 aromatic carbocycles. The molecule has 3 aromatic rings. The number of rotatable bonds is 8. The van der Waals surface area contributed by atoms with Crippen LogP contribution in [-0.4, -0.2) is 44.1 Å². The molecular formula is C17H18N6O3S. The minimum atomic E-state index is -0.921. The molecule has 140 valence electrons. The molecule has 0 saturated heterocycles. The summed E-state index contributed by atoms with van der Waals surface area (Å²) in [6.07, 6.45) is 0. The van der Waals surface area contributed by atoms with Crippen LogP contribution in [0, 0.1) is 4.77 Å². The molecular weight excluding hydrogens is 368 g/mol. The predicted molar refractivity (Wildman–Crippen MR) is 103 cm³/mol. The summed E-state index contributed by atoms with van der Waals surface area (Å²) in [4.78, 5) is 10.9. The van der Waals surface area contributed by atoms with Crippen LogP contribution in [0.3, 0.4) is 0 Å².